The Morgan fingerprint density at radius 3 is 2.79 bits per heavy atom. The third kappa shape index (κ3) is 5.16. The van der Waals surface area contributed by atoms with Crippen LogP contribution in [0.2, 0.25) is 0 Å². The summed E-state index contributed by atoms with van der Waals surface area (Å²) in [5.74, 6) is 0.190. The van der Waals surface area contributed by atoms with Crippen molar-refractivity contribution < 1.29 is 14.3 Å². The molecule has 0 radical (unpaired) electrons. The summed E-state index contributed by atoms with van der Waals surface area (Å²) in [5, 5.41) is 10.0. The molecule has 34 heavy (non-hydrogen) atoms. The van der Waals surface area contributed by atoms with Crippen LogP contribution in [0, 0.1) is 0 Å². The van der Waals surface area contributed by atoms with Crippen molar-refractivity contribution in [3.8, 4) is 11.4 Å². The van der Waals surface area contributed by atoms with E-state index in [2.05, 4.69) is 27.1 Å². The molecular formula is C25H27N5O3S. The van der Waals surface area contributed by atoms with Crippen LogP contribution in [0.1, 0.15) is 29.8 Å². The molecule has 176 valence electrons. The van der Waals surface area contributed by atoms with E-state index in [0.29, 0.717) is 34.7 Å². The summed E-state index contributed by atoms with van der Waals surface area (Å²) in [7, 11) is 1.46. The number of anilines is 1. The fourth-order valence-corrected chi connectivity index (χ4v) is 4.66. The van der Waals surface area contributed by atoms with Gasteiger partial charge in [-0.1, -0.05) is 0 Å². The molecule has 0 aliphatic heterocycles. The minimum atomic E-state index is -0.304. The van der Waals surface area contributed by atoms with Crippen LogP contribution in [-0.4, -0.2) is 46.1 Å². The molecule has 0 aliphatic carbocycles. The summed E-state index contributed by atoms with van der Waals surface area (Å²) >= 11 is 1.64. The Bertz CT molecular complexity index is 1290. The Hall–Kier alpha value is -3.56. The average molecular weight is 478 g/mol. The van der Waals surface area contributed by atoms with Crippen molar-refractivity contribution in [1.29, 1.82) is 0 Å². The topological polar surface area (TPSA) is 98.1 Å². The SMILES string of the molecule is CCn1c(-c2cccnc2)nc2cc(NC(=O)COC)cc(C(=O)N[C@H](C)Cc3ccsc3)c21. The van der Waals surface area contributed by atoms with E-state index in [1.807, 2.05) is 35.9 Å². The van der Waals surface area contributed by atoms with E-state index < -0.39 is 0 Å². The molecule has 4 rings (SSSR count). The van der Waals surface area contributed by atoms with Gasteiger partial charge in [0.2, 0.25) is 5.91 Å². The van der Waals surface area contributed by atoms with E-state index in [1.165, 1.54) is 12.7 Å². The Morgan fingerprint density at radius 2 is 2.12 bits per heavy atom. The summed E-state index contributed by atoms with van der Waals surface area (Å²) in [4.78, 5) is 34.7. The minimum Gasteiger partial charge on any atom is -0.375 e. The highest BCUT2D eigenvalue weighted by Crippen LogP contribution is 2.30. The van der Waals surface area contributed by atoms with Gasteiger partial charge in [0.25, 0.3) is 5.91 Å². The summed E-state index contributed by atoms with van der Waals surface area (Å²) in [6, 6.07) is 9.25. The summed E-state index contributed by atoms with van der Waals surface area (Å²) in [6.45, 7) is 4.52. The lowest BCUT2D eigenvalue weighted by molar-refractivity contribution is -0.119. The van der Waals surface area contributed by atoms with Crippen LogP contribution in [0.3, 0.4) is 0 Å². The maximum atomic E-state index is 13.5. The summed E-state index contributed by atoms with van der Waals surface area (Å²) in [5.41, 5.74) is 4.30. The van der Waals surface area contributed by atoms with Gasteiger partial charge in [-0.05, 0) is 66.9 Å². The number of carbonyl (C=O) groups excluding carboxylic acids is 2. The molecular weight excluding hydrogens is 450 g/mol. The fourth-order valence-electron chi connectivity index (χ4n) is 3.98. The van der Waals surface area contributed by atoms with E-state index in [1.54, 1.807) is 35.9 Å². The van der Waals surface area contributed by atoms with E-state index in [-0.39, 0.29) is 24.5 Å². The predicted octanol–water partition coefficient (Wildman–Crippen LogP) is 4.13. The predicted molar refractivity (Wildman–Crippen MR) is 134 cm³/mol. The number of nitrogens with zero attached hydrogens (tertiary/aromatic N) is 3. The molecule has 4 aromatic rings. The molecule has 0 aliphatic rings. The van der Waals surface area contributed by atoms with Gasteiger partial charge in [-0.15, -0.1) is 0 Å². The zero-order valence-electron chi connectivity index (χ0n) is 19.4. The van der Waals surface area contributed by atoms with Crippen LogP contribution in [0.5, 0.6) is 0 Å². The Morgan fingerprint density at radius 1 is 1.26 bits per heavy atom. The molecule has 0 saturated carbocycles. The Kier molecular flexibility index (Phi) is 7.34. The van der Waals surface area contributed by atoms with Crippen molar-refractivity contribution in [2.75, 3.05) is 19.0 Å². The minimum absolute atomic E-state index is 0.0697. The van der Waals surface area contributed by atoms with Gasteiger partial charge in [0.1, 0.15) is 12.4 Å². The van der Waals surface area contributed by atoms with Gasteiger partial charge in [-0.3, -0.25) is 14.6 Å². The number of hydrogen-bond acceptors (Lipinski definition) is 6. The van der Waals surface area contributed by atoms with Gasteiger partial charge in [0.05, 0.1) is 16.6 Å². The van der Waals surface area contributed by atoms with E-state index in [9.17, 15) is 9.59 Å². The summed E-state index contributed by atoms with van der Waals surface area (Å²) in [6.07, 6.45) is 4.19. The number of aromatic nitrogens is 3. The van der Waals surface area contributed by atoms with Gasteiger partial charge in [-0.2, -0.15) is 11.3 Å². The molecule has 1 atom stereocenters. The first-order chi connectivity index (χ1) is 16.5. The number of aryl methyl sites for hydroxylation is 1. The molecule has 0 spiro atoms. The Balaban J connectivity index is 1.77. The molecule has 0 saturated heterocycles. The number of benzene rings is 1. The second-order valence-corrected chi connectivity index (χ2v) is 8.78. The number of rotatable bonds is 9. The standard InChI is InChI=1S/C25H27N5O3S/c1-4-30-23-20(25(32)27-16(2)10-17-7-9-34-15-17)11-19(28-22(31)14-33-3)12-21(23)29-24(30)18-6-5-8-26-13-18/h5-9,11-13,15-16H,4,10,14H2,1-3H3,(H,27,32)(H,28,31)/t16-/m1/s1. The zero-order chi connectivity index (χ0) is 24.1. The lowest BCUT2D eigenvalue weighted by atomic mass is 10.1. The number of thiophene rings is 1. The van der Waals surface area contributed by atoms with Crippen molar-refractivity contribution in [2.24, 2.45) is 0 Å². The first-order valence-corrected chi connectivity index (χ1v) is 12.0. The molecule has 8 nitrogen and oxygen atoms in total. The fraction of sp³-hybridized carbons (Fsp3) is 0.280. The van der Waals surface area contributed by atoms with Crippen LogP contribution < -0.4 is 10.6 Å². The first-order valence-electron chi connectivity index (χ1n) is 11.1. The number of hydrogen-bond donors (Lipinski definition) is 2. The number of pyridine rings is 1. The molecule has 2 amide bonds. The number of carbonyl (C=O) groups is 2. The average Bonchev–Trinajstić information content (AvgIpc) is 3.46. The molecule has 9 heteroatoms. The number of ether oxygens (including phenoxy) is 1. The molecule has 0 fully saturated rings. The van der Waals surface area contributed by atoms with Crippen molar-refractivity contribution in [2.45, 2.75) is 32.9 Å². The summed E-state index contributed by atoms with van der Waals surface area (Å²) < 4.78 is 6.93. The monoisotopic (exact) mass is 477 g/mol. The maximum Gasteiger partial charge on any atom is 0.253 e. The number of fused-ring (bicyclic) bond motifs is 1. The van der Waals surface area contributed by atoms with Crippen molar-refractivity contribution in [3.05, 3.63) is 64.6 Å². The second kappa shape index (κ2) is 10.6. The highest BCUT2D eigenvalue weighted by atomic mass is 32.1. The van der Waals surface area contributed by atoms with Crippen molar-refractivity contribution in [3.63, 3.8) is 0 Å². The van der Waals surface area contributed by atoms with Crippen molar-refractivity contribution in [1.82, 2.24) is 19.9 Å². The zero-order valence-corrected chi connectivity index (χ0v) is 20.2. The van der Waals surface area contributed by atoms with Crippen LogP contribution in [-0.2, 0) is 22.5 Å². The highest BCUT2D eigenvalue weighted by molar-refractivity contribution is 7.07. The van der Waals surface area contributed by atoms with E-state index >= 15 is 0 Å². The molecule has 2 N–H and O–H groups in total. The van der Waals surface area contributed by atoms with Crippen LogP contribution in [0.25, 0.3) is 22.4 Å². The normalized spacial score (nSPS) is 12.0. The number of amides is 2. The van der Waals surface area contributed by atoms with Crippen LogP contribution in [0.15, 0.2) is 53.5 Å². The first kappa shape index (κ1) is 23.6. The van der Waals surface area contributed by atoms with E-state index in [0.717, 1.165) is 12.0 Å². The second-order valence-electron chi connectivity index (χ2n) is 8.00. The van der Waals surface area contributed by atoms with Gasteiger partial charge in [0.15, 0.2) is 0 Å². The molecule has 0 unspecified atom stereocenters. The largest absolute Gasteiger partial charge is 0.375 e. The maximum absolute atomic E-state index is 13.5. The van der Waals surface area contributed by atoms with Crippen LogP contribution >= 0.6 is 11.3 Å². The van der Waals surface area contributed by atoms with Gasteiger partial charge < -0.3 is 19.9 Å². The third-order valence-electron chi connectivity index (χ3n) is 5.38. The number of imidazole rings is 1. The molecule has 3 heterocycles. The molecule has 0 bridgehead atoms. The lowest BCUT2D eigenvalue weighted by Crippen LogP contribution is -2.34. The quantitative estimate of drug-likeness (QED) is 0.378. The number of methoxy groups -OCH3 is 1. The third-order valence-corrected chi connectivity index (χ3v) is 6.11. The highest BCUT2D eigenvalue weighted by Gasteiger charge is 2.22. The number of nitrogens with one attached hydrogen (secondary N) is 2. The van der Waals surface area contributed by atoms with Crippen molar-refractivity contribution >= 4 is 39.9 Å². The van der Waals surface area contributed by atoms with E-state index in [4.69, 9.17) is 9.72 Å². The molecule has 3 aromatic heterocycles. The van der Waals surface area contributed by atoms with Gasteiger partial charge >= 0.3 is 0 Å². The van der Waals surface area contributed by atoms with Crippen LogP contribution in [0.4, 0.5) is 5.69 Å². The van der Waals surface area contributed by atoms with Gasteiger partial charge in [-0.25, -0.2) is 4.98 Å². The lowest BCUT2D eigenvalue weighted by Gasteiger charge is -2.16. The Labute approximate surface area is 202 Å². The molecule has 1 aromatic carbocycles. The smallest absolute Gasteiger partial charge is 0.253 e. The van der Waals surface area contributed by atoms with Gasteiger partial charge in [0, 0.05) is 43.3 Å².